The van der Waals surface area contributed by atoms with Crippen LogP contribution in [0, 0.1) is 0 Å². The molecule has 0 bridgehead atoms. The minimum atomic E-state index is -0.367. The molecule has 7 nitrogen and oxygen atoms in total. The van der Waals surface area contributed by atoms with Crippen LogP contribution in [0.4, 0.5) is 5.69 Å². The molecular weight excluding hydrogens is 486 g/mol. The molecule has 0 aliphatic carbocycles. The Balaban J connectivity index is 1.32. The second-order valence-corrected chi connectivity index (χ2v) is 9.18. The van der Waals surface area contributed by atoms with Crippen molar-refractivity contribution in [1.29, 1.82) is 0 Å². The first-order valence-electron chi connectivity index (χ1n) is 11.1. The van der Waals surface area contributed by atoms with Gasteiger partial charge in [0, 0.05) is 11.3 Å². The molecule has 1 amide bonds. The lowest BCUT2D eigenvalue weighted by Crippen LogP contribution is -2.34. The van der Waals surface area contributed by atoms with E-state index in [9.17, 15) is 4.79 Å². The molecule has 2 N–H and O–H groups in total. The number of carbonyl (C=O) groups excluding carboxylic acids is 1. The first-order valence-corrected chi connectivity index (χ1v) is 11.9. The molecule has 1 aliphatic rings. The van der Waals surface area contributed by atoms with Crippen molar-refractivity contribution in [2.24, 2.45) is 0 Å². The minimum Gasteiger partial charge on any atom is -0.486 e. The zero-order chi connectivity index (χ0) is 24.5. The second kappa shape index (κ2) is 9.56. The molecule has 178 valence electrons. The van der Waals surface area contributed by atoms with Crippen molar-refractivity contribution in [3.05, 3.63) is 70.7 Å². The molecule has 0 fully saturated rings. The molecule has 9 heteroatoms. The highest BCUT2D eigenvalue weighted by Crippen LogP contribution is 2.33. The van der Waals surface area contributed by atoms with E-state index in [1.807, 2.05) is 18.2 Å². The number of halogens is 1. The van der Waals surface area contributed by atoms with E-state index in [0.717, 1.165) is 5.52 Å². The summed E-state index contributed by atoms with van der Waals surface area (Å²) in [5.41, 5.74) is 4.27. The number of ether oxygens (including phenoxy) is 2. The van der Waals surface area contributed by atoms with Crippen LogP contribution in [-0.2, 0) is 0 Å². The number of rotatable bonds is 4. The Hall–Kier alpha value is -3.62. The van der Waals surface area contributed by atoms with Gasteiger partial charge in [-0.25, -0.2) is 4.98 Å². The predicted molar refractivity (Wildman–Crippen MR) is 140 cm³/mol. The summed E-state index contributed by atoms with van der Waals surface area (Å²) in [7, 11) is 0. The van der Waals surface area contributed by atoms with Gasteiger partial charge in [-0.3, -0.25) is 10.1 Å². The highest BCUT2D eigenvalue weighted by atomic mass is 35.5. The van der Waals surface area contributed by atoms with Gasteiger partial charge in [-0.1, -0.05) is 31.5 Å². The van der Waals surface area contributed by atoms with Gasteiger partial charge >= 0.3 is 0 Å². The molecule has 1 aromatic heterocycles. The Kier molecular flexibility index (Phi) is 6.32. The second-order valence-electron chi connectivity index (χ2n) is 8.36. The molecule has 0 saturated heterocycles. The highest BCUT2D eigenvalue weighted by Gasteiger charge is 2.17. The summed E-state index contributed by atoms with van der Waals surface area (Å²) in [6, 6.07) is 16.2. The third kappa shape index (κ3) is 4.94. The SMILES string of the molecule is CC(C)c1ccc2oc(-c3cc(NC(=S)NC(=O)c4ccc5c(c4)OCCO5)ccc3Cl)nc2c1. The number of oxazole rings is 1. The van der Waals surface area contributed by atoms with Crippen LogP contribution < -0.4 is 20.1 Å². The predicted octanol–water partition coefficient (Wildman–Crippen LogP) is 6.17. The highest BCUT2D eigenvalue weighted by molar-refractivity contribution is 7.80. The number of benzene rings is 3. The number of nitrogens with one attached hydrogen (secondary N) is 2. The summed E-state index contributed by atoms with van der Waals surface area (Å²) in [6.07, 6.45) is 0. The van der Waals surface area contributed by atoms with Crippen LogP contribution in [-0.4, -0.2) is 29.2 Å². The van der Waals surface area contributed by atoms with Gasteiger partial charge in [0.2, 0.25) is 5.89 Å². The van der Waals surface area contributed by atoms with E-state index < -0.39 is 0 Å². The topological polar surface area (TPSA) is 85.6 Å². The van der Waals surface area contributed by atoms with Crippen LogP contribution in [0.5, 0.6) is 11.5 Å². The third-order valence-corrected chi connectivity index (χ3v) is 6.10. The molecular formula is C26H22ClN3O4S. The number of amides is 1. The van der Waals surface area contributed by atoms with Crippen molar-refractivity contribution < 1.29 is 18.7 Å². The van der Waals surface area contributed by atoms with Crippen LogP contribution in [0.25, 0.3) is 22.6 Å². The minimum absolute atomic E-state index is 0.136. The number of fused-ring (bicyclic) bond motifs is 2. The summed E-state index contributed by atoms with van der Waals surface area (Å²) < 4.78 is 17.0. The zero-order valence-electron chi connectivity index (χ0n) is 19.1. The lowest BCUT2D eigenvalue weighted by Gasteiger charge is -2.18. The van der Waals surface area contributed by atoms with E-state index in [2.05, 4.69) is 29.5 Å². The number of carbonyl (C=O) groups is 1. The number of anilines is 1. The molecule has 4 aromatic rings. The van der Waals surface area contributed by atoms with Crippen LogP contribution in [0.15, 0.2) is 59.0 Å². The van der Waals surface area contributed by atoms with Crippen molar-refractivity contribution in [1.82, 2.24) is 10.3 Å². The average Bonchev–Trinajstić information content (AvgIpc) is 3.28. The van der Waals surface area contributed by atoms with Crippen LogP contribution in [0.2, 0.25) is 5.02 Å². The van der Waals surface area contributed by atoms with Crippen molar-refractivity contribution in [3.63, 3.8) is 0 Å². The number of nitrogens with zero attached hydrogens (tertiary/aromatic N) is 1. The first-order chi connectivity index (χ1) is 16.9. The van der Waals surface area contributed by atoms with E-state index in [0.29, 0.717) is 63.9 Å². The normalized spacial score (nSPS) is 12.6. The lowest BCUT2D eigenvalue weighted by molar-refractivity contribution is 0.0976. The van der Waals surface area contributed by atoms with Gasteiger partial charge in [-0.15, -0.1) is 0 Å². The summed E-state index contributed by atoms with van der Waals surface area (Å²) in [5, 5.41) is 6.31. The lowest BCUT2D eigenvalue weighted by atomic mass is 10.0. The molecule has 0 atom stereocenters. The van der Waals surface area contributed by atoms with Gasteiger partial charge in [-0.05, 0) is 72.2 Å². The van der Waals surface area contributed by atoms with Crippen molar-refractivity contribution in [2.75, 3.05) is 18.5 Å². The average molecular weight is 508 g/mol. The first kappa shape index (κ1) is 23.1. The Morgan fingerprint density at radius 1 is 1.03 bits per heavy atom. The number of hydrogen-bond donors (Lipinski definition) is 2. The molecule has 0 spiro atoms. The van der Waals surface area contributed by atoms with E-state index >= 15 is 0 Å². The molecule has 0 radical (unpaired) electrons. The van der Waals surface area contributed by atoms with Crippen LogP contribution in [0.1, 0.15) is 35.7 Å². The number of hydrogen-bond acceptors (Lipinski definition) is 6. The summed E-state index contributed by atoms with van der Waals surface area (Å²) in [4.78, 5) is 17.3. The standard InChI is InChI=1S/C26H22ClN3O4S/c1-14(2)15-3-7-21-20(11-15)29-25(34-21)18-13-17(5-6-19(18)27)28-26(35)30-24(31)16-4-8-22-23(12-16)33-10-9-32-22/h3-8,11-14H,9-10H2,1-2H3,(H2,28,30,31,35). The molecule has 2 heterocycles. The Bertz CT molecular complexity index is 1450. The van der Waals surface area contributed by atoms with Gasteiger partial charge in [-0.2, -0.15) is 0 Å². The van der Waals surface area contributed by atoms with Crippen LogP contribution >= 0.6 is 23.8 Å². The van der Waals surface area contributed by atoms with Crippen molar-refractivity contribution in [3.8, 4) is 23.0 Å². The zero-order valence-corrected chi connectivity index (χ0v) is 20.6. The van der Waals surface area contributed by atoms with E-state index in [1.165, 1.54) is 5.56 Å². The Morgan fingerprint density at radius 3 is 2.63 bits per heavy atom. The summed E-state index contributed by atoms with van der Waals surface area (Å²) in [5.74, 6) is 1.56. The van der Waals surface area contributed by atoms with Gasteiger partial charge in [0.05, 0.1) is 10.6 Å². The van der Waals surface area contributed by atoms with E-state index in [4.69, 9.17) is 37.7 Å². The maximum atomic E-state index is 12.7. The molecule has 3 aromatic carbocycles. The third-order valence-electron chi connectivity index (χ3n) is 5.56. The largest absolute Gasteiger partial charge is 0.486 e. The van der Waals surface area contributed by atoms with E-state index in [1.54, 1.807) is 36.4 Å². The smallest absolute Gasteiger partial charge is 0.257 e. The summed E-state index contributed by atoms with van der Waals surface area (Å²) >= 11 is 11.8. The van der Waals surface area contributed by atoms with Gasteiger partial charge in [0.25, 0.3) is 5.91 Å². The van der Waals surface area contributed by atoms with Crippen molar-refractivity contribution in [2.45, 2.75) is 19.8 Å². The summed E-state index contributed by atoms with van der Waals surface area (Å²) in [6.45, 7) is 5.18. The van der Waals surface area contributed by atoms with Gasteiger partial charge < -0.3 is 19.2 Å². The number of aromatic nitrogens is 1. The maximum absolute atomic E-state index is 12.7. The fourth-order valence-electron chi connectivity index (χ4n) is 3.71. The molecule has 0 saturated carbocycles. The molecule has 1 aliphatic heterocycles. The van der Waals surface area contributed by atoms with Gasteiger partial charge in [0.15, 0.2) is 22.2 Å². The Morgan fingerprint density at radius 2 is 1.83 bits per heavy atom. The Labute approximate surface area is 212 Å². The van der Waals surface area contributed by atoms with Gasteiger partial charge in [0.1, 0.15) is 18.7 Å². The fraction of sp³-hybridized carbons (Fsp3) is 0.192. The number of thiocarbonyl (C=S) groups is 1. The monoisotopic (exact) mass is 507 g/mol. The molecule has 0 unspecified atom stereocenters. The quantitative estimate of drug-likeness (QED) is 0.319. The maximum Gasteiger partial charge on any atom is 0.257 e. The van der Waals surface area contributed by atoms with Crippen molar-refractivity contribution >= 4 is 51.6 Å². The van der Waals surface area contributed by atoms with Crippen LogP contribution in [0.3, 0.4) is 0 Å². The molecule has 35 heavy (non-hydrogen) atoms. The fourth-order valence-corrected chi connectivity index (χ4v) is 4.12. The van der Waals surface area contributed by atoms with E-state index in [-0.39, 0.29) is 11.0 Å². The molecule has 5 rings (SSSR count).